The average Bonchev–Trinajstić information content (AvgIpc) is 2.79. The molecular formula is C18H19O3. The smallest absolute Gasteiger partial charge is 0.165 e. The van der Waals surface area contributed by atoms with Crippen LogP contribution in [-0.4, -0.2) is 12.7 Å². The van der Waals surface area contributed by atoms with Gasteiger partial charge in [-0.3, -0.25) is 0 Å². The molecule has 3 nitrogen and oxygen atoms in total. The number of fused-ring (bicyclic) bond motifs is 1. The first-order valence-corrected chi connectivity index (χ1v) is 7.06. The van der Waals surface area contributed by atoms with E-state index in [-0.39, 0.29) is 5.60 Å². The molecule has 1 aliphatic heterocycles. The van der Waals surface area contributed by atoms with Crippen LogP contribution >= 0.6 is 0 Å². The quantitative estimate of drug-likeness (QED) is 0.854. The van der Waals surface area contributed by atoms with Crippen LogP contribution in [0.15, 0.2) is 36.4 Å². The predicted molar refractivity (Wildman–Crippen MR) is 81.0 cm³/mol. The minimum absolute atomic E-state index is 0.165. The van der Waals surface area contributed by atoms with Gasteiger partial charge in [0.25, 0.3) is 0 Å². The maximum Gasteiger partial charge on any atom is 0.165 e. The van der Waals surface area contributed by atoms with Gasteiger partial charge >= 0.3 is 0 Å². The average molecular weight is 283 g/mol. The molecule has 0 aliphatic carbocycles. The van der Waals surface area contributed by atoms with Crippen molar-refractivity contribution in [1.82, 2.24) is 0 Å². The summed E-state index contributed by atoms with van der Waals surface area (Å²) in [6, 6.07) is 14.7. The zero-order valence-electron chi connectivity index (χ0n) is 12.6. The summed E-state index contributed by atoms with van der Waals surface area (Å²) >= 11 is 0. The largest absolute Gasteiger partial charge is 0.496 e. The number of benzene rings is 2. The SMILES string of the molecule is COc1c[c]ccc1COc1cccc2c1OC(C)(C)C2. The number of methoxy groups -OCH3 is 1. The van der Waals surface area contributed by atoms with Crippen molar-refractivity contribution in [1.29, 1.82) is 0 Å². The third-order valence-electron chi connectivity index (χ3n) is 3.57. The fraction of sp³-hybridized carbons (Fsp3) is 0.333. The molecule has 0 saturated carbocycles. The van der Waals surface area contributed by atoms with Gasteiger partial charge in [0, 0.05) is 17.5 Å². The molecule has 0 atom stereocenters. The van der Waals surface area contributed by atoms with E-state index in [1.165, 1.54) is 5.56 Å². The molecule has 0 saturated heterocycles. The second kappa shape index (κ2) is 5.32. The van der Waals surface area contributed by atoms with Crippen LogP contribution in [0.4, 0.5) is 0 Å². The first kappa shape index (κ1) is 13.8. The Bertz CT molecular complexity index is 647. The molecule has 2 aromatic rings. The molecule has 1 heterocycles. The fourth-order valence-corrected chi connectivity index (χ4v) is 2.61. The number of ether oxygens (including phenoxy) is 3. The molecule has 21 heavy (non-hydrogen) atoms. The molecule has 3 heteroatoms. The lowest BCUT2D eigenvalue weighted by Crippen LogP contribution is -2.24. The Morgan fingerprint density at radius 3 is 2.90 bits per heavy atom. The number of hydrogen-bond donors (Lipinski definition) is 0. The third kappa shape index (κ3) is 2.82. The van der Waals surface area contributed by atoms with Gasteiger partial charge in [-0.15, -0.1) is 0 Å². The standard InChI is InChI=1S/C18H19O3/c1-18(2)11-13-8-6-10-16(17(13)21-18)20-12-14-7-4-5-9-15(14)19-3/h4,6-10H,11-12H2,1-3H3. The monoisotopic (exact) mass is 283 g/mol. The van der Waals surface area contributed by atoms with Crippen LogP contribution in [0, 0.1) is 6.07 Å². The Morgan fingerprint density at radius 2 is 2.10 bits per heavy atom. The third-order valence-corrected chi connectivity index (χ3v) is 3.57. The molecule has 0 aromatic heterocycles. The van der Waals surface area contributed by atoms with E-state index in [0.717, 1.165) is 29.2 Å². The van der Waals surface area contributed by atoms with Crippen molar-refractivity contribution >= 4 is 0 Å². The van der Waals surface area contributed by atoms with Crippen LogP contribution in [0.2, 0.25) is 0 Å². The van der Waals surface area contributed by atoms with Crippen LogP contribution in [0.3, 0.4) is 0 Å². The van der Waals surface area contributed by atoms with Gasteiger partial charge in [-0.2, -0.15) is 0 Å². The highest BCUT2D eigenvalue weighted by Crippen LogP contribution is 2.42. The molecule has 0 spiro atoms. The van der Waals surface area contributed by atoms with Crippen molar-refractivity contribution in [3.8, 4) is 17.2 Å². The fourth-order valence-electron chi connectivity index (χ4n) is 2.61. The summed E-state index contributed by atoms with van der Waals surface area (Å²) in [5.74, 6) is 2.43. The highest BCUT2D eigenvalue weighted by atomic mass is 16.5. The minimum Gasteiger partial charge on any atom is -0.496 e. The Morgan fingerprint density at radius 1 is 1.24 bits per heavy atom. The zero-order valence-corrected chi connectivity index (χ0v) is 12.6. The highest BCUT2D eigenvalue weighted by molar-refractivity contribution is 5.50. The molecule has 0 unspecified atom stereocenters. The van der Waals surface area contributed by atoms with Crippen molar-refractivity contribution in [3.63, 3.8) is 0 Å². The lowest BCUT2D eigenvalue weighted by molar-refractivity contribution is 0.131. The molecule has 0 fully saturated rings. The molecule has 109 valence electrons. The topological polar surface area (TPSA) is 27.7 Å². The molecule has 3 rings (SSSR count). The second-order valence-corrected chi connectivity index (χ2v) is 5.81. The van der Waals surface area contributed by atoms with Gasteiger partial charge in [0.15, 0.2) is 11.5 Å². The van der Waals surface area contributed by atoms with Crippen LogP contribution in [0.1, 0.15) is 25.0 Å². The van der Waals surface area contributed by atoms with Crippen LogP contribution in [-0.2, 0) is 13.0 Å². The summed E-state index contributed by atoms with van der Waals surface area (Å²) in [5, 5.41) is 0. The van der Waals surface area contributed by atoms with Gasteiger partial charge in [-0.1, -0.05) is 24.3 Å². The molecule has 1 aliphatic rings. The Balaban J connectivity index is 1.80. The maximum absolute atomic E-state index is 6.01. The van der Waals surface area contributed by atoms with E-state index in [1.807, 2.05) is 30.3 Å². The summed E-state index contributed by atoms with van der Waals surface area (Å²) in [6.07, 6.45) is 0.906. The van der Waals surface area contributed by atoms with Gasteiger partial charge in [0.05, 0.1) is 7.11 Å². The summed E-state index contributed by atoms with van der Waals surface area (Å²) in [4.78, 5) is 0. The van der Waals surface area contributed by atoms with Crippen LogP contribution in [0.5, 0.6) is 17.2 Å². The van der Waals surface area contributed by atoms with Crippen molar-refractivity contribution in [2.45, 2.75) is 32.5 Å². The van der Waals surface area contributed by atoms with Gasteiger partial charge in [0.2, 0.25) is 0 Å². The van der Waals surface area contributed by atoms with Crippen molar-refractivity contribution in [2.75, 3.05) is 7.11 Å². The summed E-state index contributed by atoms with van der Waals surface area (Å²) in [6.45, 7) is 4.62. The molecule has 0 bridgehead atoms. The Hall–Kier alpha value is -2.16. The van der Waals surface area contributed by atoms with E-state index in [1.54, 1.807) is 7.11 Å². The molecule has 0 N–H and O–H groups in total. The van der Waals surface area contributed by atoms with E-state index < -0.39 is 0 Å². The van der Waals surface area contributed by atoms with Gasteiger partial charge in [-0.05, 0) is 32.0 Å². The first-order chi connectivity index (χ1) is 10.1. The van der Waals surface area contributed by atoms with Crippen molar-refractivity contribution in [3.05, 3.63) is 53.6 Å². The van der Waals surface area contributed by atoms with Crippen LogP contribution in [0.25, 0.3) is 0 Å². The lowest BCUT2D eigenvalue weighted by atomic mass is 10.0. The van der Waals surface area contributed by atoms with E-state index in [9.17, 15) is 0 Å². The van der Waals surface area contributed by atoms with Gasteiger partial charge in [-0.25, -0.2) is 0 Å². The summed E-state index contributed by atoms with van der Waals surface area (Å²) in [5.41, 5.74) is 2.03. The minimum atomic E-state index is -0.165. The zero-order chi connectivity index (χ0) is 14.9. The van der Waals surface area contributed by atoms with Crippen LogP contribution < -0.4 is 14.2 Å². The van der Waals surface area contributed by atoms with Crippen molar-refractivity contribution < 1.29 is 14.2 Å². The van der Waals surface area contributed by atoms with Gasteiger partial charge < -0.3 is 14.2 Å². The van der Waals surface area contributed by atoms with Crippen molar-refractivity contribution in [2.24, 2.45) is 0 Å². The van der Waals surface area contributed by atoms with E-state index in [4.69, 9.17) is 14.2 Å². The molecule has 2 aromatic carbocycles. The molecule has 1 radical (unpaired) electrons. The number of rotatable bonds is 4. The molecule has 0 amide bonds. The lowest BCUT2D eigenvalue weighted by Gasteiger charge is -2.18. The Labute approximate surface area is 125 Å². The van der Waals surface area contributed by atoms with E-state index in [0.29, 0.717) is 6.61 Å². The summed E-state index contributed by atoms with van der Waals surface area (Å²) in [7, 11) is 1.65. The Kier molecular flexibility index (Phi) is 3.50. The predicted octanol–water partition coefficient (Wildman–Crippen LogP) is 3.79. The number of hydrogen-bond acceptors (Lipinski definition) is 3. The normalized spacial score (nSPS) is 15.2. The first-order valence-electron chi connectivity index (χ1n) is 7.06. The maximum atomic E-state index is 6.01. The van der Waals surface area contributed by atoms with E-state index in [2.05, 4.69) is 26.0 Å². The highest BCUT2D eigenvalue weighted by Gasteiger charge is 2.32. The molecular weight excluding hydrogens is 264 g/mol. The van der Waals surface area contributed by atoms with Gasteiger partial charge in [0.1, 0.15) is 18.0 Å². The van der Waals surface area contributed by atoms with E-state index >= 15 is 0 Å². The summed E-state index contributed by atoms with van der Waals surface area (Å²) < 4.78 is 17.3. The second-order valence-electron chi connectivity index (χ2n) is 5.81. The number of para-hydroxylation sites is 1.